The zero-order valence-electron chi connectivity index (χ0n) is 7.38. The van der Waals surface area contributed by atoms with Crippen LogP contribution in [-0.2, 0) is 6.42 Å². The standard InChI is InChI=1S/C10H14N2/c1-8-6-9(2-5-12-8)7-10(11)3-4-10/h2,5-6H,3-4,7,11H2,1H3. The molecule has 0 aromatic carbocycles. The summed E-state index contributed by atoms with van der Waals surface area (Å²) < 4.78 is 0. The fourth-order valence-corrected chi connectivity index (χ4v) is 1.46. The Balaban J connectivity index is 2.12. The van der Waals surface area contributed by atoms with E-state index in [0.29, 0.717) is 0 Å². The number of rotatable bonds is 2. The minimum absolute atomic E-state index is 0.119. The predicted molar refractivity (Wildman–Crippen MR) is 48.8 cm³/mol. The van der Waals surface area contributed by atoms with Crippen LogP contribution in [0.15, 0.2) is 18.3 Å². The van der Waals surface area contributed by atoms with Crippen molar-refractivity contribution in [2.75, 3.05) is 0 Å². The lowest BCUT2D eigenvalue weighted by Crippen LogP contribution is -2.24. The zero-order chi connectivity index (χ0) is 8.60. The van der Waals surface area contributed by atoms with Crippen molar-refractivity contribution in [3.05, 3.63) is 29.6 Å². The summed E-state index contributed by atoms with van der Waals surface area (Å²) in [6.45, 7) is 2.01. The SMILES string of the molecule is Cc1cc(CC2(N)CC2)ccn1. The molecular formula is C10H14N2. The van der Waals surface area contributed by atoms with E-state index in [0.717, 1.165) is 12.1 Å². The van der Waals surface area contributed by atoms with Crippen molar-refractivity contribution in [3.63, 3.8) is 0 Å². The first-order chi connectivity index (χ1) is 5.68. The minimum atomic E-state index is 0.119. The van der Waals surface area contributed by atoms with Crippen LogP contribution in [0.25, 0.3) is 0 Å². The lowest BCUT2D eigenvalue weighted by Gasteiger charge is -2.07. The van der Waals surface area contributed by atoms with Crippen LogP contribution in [0.2, 0.25) is 0 Å². The molecule has 1 saturated carbocycles. The molecule has 2 N–H and O–H groups in total. The van der Waals surface area contributed by atoms with Gasteiger partial charge in [-0.2, -0.15) is 0 Å². The minimum Gasteiger partial charge on any atom is -0.325 e. The molecule has 1 aliphatic carbocycles. The topological polar surface area (TPSA) is 38.9 Å². The largest absolute Gasteiger partial charge is 0.325 e. The molecule has 1 aliphatic rings. The average Bonchev–Trinajstić information content (AvgIpc) is 2.67. The fourth-order valence-electron chi connectivity index (χ4n) is 1.46. The number of nitrogens with two attached hydrogens (primary N) is 1. The van der Waals surface area contributed by atoms with Crippen molar-refractivity contribution < 1.29 is 0 Å². The molecule has 1 fully saturated rings. The molecule has 0 saturated heterocycles. The van der Waals surface area contributed by atoms with Crippen molar-refractivity contribution in [2.45, 2.75) is 31.7 Å². The highest BCUT2D eigenvalue weighted by Crippen LogP contribution is 2.35. The van der Waals surface area contributed by atoms with Gasteiger partial charge in [-0.25, -0.2) is 0 Å². The second kappa shape index (κ2) is 2.56. The summed E-state index contributed by atoms with van der Waals surface area (Å²) >= 11 is 0. The second-order valence-corrected chi connectivity index (χ2v) is 3.84. The smallest absolute Gasteiger partial charge is 0.0375 e. The van der Waals surface area contributed by atoms with Gasteiger partial charge in [0.25, 0.3) is 0 Å². The van der Waals surface area contributed by atoms with E-state index in [1.54, 1.807) is 0 Å². The van der Waals surface area contributed by atoms with Gasteiger partial charge in [-0.1, -0.05) is 0 Å². The van der Waals surface area contributed by atoms with Crippen molar-refractivity contribution >= 4 is 0 Å². The number of aromatic nitrogens is 1. The highest BCUT2D eigenvalue weighted by molar-refractivity contribution is 5.20. The first kappa shape index (κ1) is 7.74. The average molecular weight is 162 g/mol. The Bertz CT molecular complexity index is 290. The van der Waals surface area contributed by atoms with E-state index in [1.165, 1.54) is 18.4 Å². The van der Waals surface area contributed by atoms with E-state index in [1.807, 2.05) is 13.1 Å². The molecule has 0 amide bonds. The van der Waals surface area contributed by atoms with Gasteiger partial charge < -0.3 is 5.73 Å². The van der Waals surface area contributed by atoms with Crippen molar-refractivity contribution in [1.82, 2.24) is 4.98 Å². The summed E-state index contributed by atoms with van der Waals surface area (Å²) in [4.78, 5) is 4.15. The molecule has 0 atom stereocenters. The third-order valence-corrected chi connectivity index (χ3v) is 2.41. The van der Waals surface area contributed by atoms with Gasteiger partial charge in [-0.3, -0.25) is 4.98 Å². The molecule has 2 rings (SSSR count). The molecule has 1 aromatic heterocycles. The molecular weight excluding hydrogens is 148 g/mol. The first-order valence-corrected chi connectivity index (χ1v) is 4.38. The summed E-state index contributed by atoms with van der Waals surface area (Å²) in [6.07, 6.45) is 5.22. The van der Waals surface area contributed by atoms with E-state index in [-0.39, 0.29) is 5.54 Å². The molecule has 2 heteroatoms. The van der Waals surface area contributed by atoms with Gasteiger partial charge >= 0.3 is 0 Å². The van der Waals surface area contributed by atoms with Crippen molar-refractivity contribution in [3.8, 4) is 0 Å². The number of pyridine rings is 1. The molecule has 12 heavy (non-hydrogen) atoms. The van der Waals surface area contributed by atoms with Gasteiger partial charge in [0.2, 0.25) is 0 Å². The Morgan fingerprint density at radius 1 is 1.58 bits per heavy atom. The summed E-state index contributed by atoms with van der Waals surface area (Å²) in [5.41, 5.74) is 8.53. The van der Waals surface area contributed by atoms with Gasteiger partial charge in [-0.15, -0.1) is 0 Å². The third-order valence-electron chi connectivity index (χ3n) is 2.41. The lowest BCUT2D eigenvalue weighted by molar-refractivity contribution is 0.671. The Hall–Kier alpha value is -0.890. The van der Waals surface area contributed by atoms with E-state index < -0.39 is 0 Å². The molecule has 64 valence electrons. The van der Waals surface area contributed by atoms with Gasteiger partial charge in [0, 0.05) is 17.4 Å². The Morgan fingerprint density at radius 2 is 2.33 bits per heavy atom. The number of hydrogen-bond acceptors (Lipinski definition) is 2. The van der Waals surface area contributed by atoms with Crippen LogP contribution in [0.4, 0.5) is 0 Å². The molecule has 0 spiro atoms. The van der Waals surface area contributed by atoms with Crippen molar-refractivity contribution in [1.29, 1.82) is 0 Å². The van der Waals surface area contributed by atoms with E-state index in [2.05, 4.69) is 17.1 Å². The number of hydrogen-bond donors (Lipinski definition) is 1. The Morgan fingerprint density at radius 3 is 2.92 bits per heavy atom. The van der Waals surface area contributed by atoms with Gasteiger partial charge in [0.05, 0.1) is 0 Å². The molecule has 0 unspecified atom stereocenters. The number of nitrogens with zero attached hydrogens (tertiary/aromatic N) is 1. The second-order valence-electron chi connectivity index (χ2n) is 3.84. The summed E-state index contributed by atoms with van der Waals surface area (Å²) in [5, 5.41) is 0. The van der Waals surface area contributed by atoms with Crippen LogP contribution in [0.5, 0.6) is 0 Å². The predicted octanol–water partition coefficient (Wildman–Crippen LogP) is 1.42. The Labute approximate surface area is 72.8 Å². The zero-order valence-corrected chi connectivity index (χ0v) is 7.38. The molecule has 0 radical (unpaired) electrons. The van der Waals surface area contributed by atoms with Crippen LogP contribution in [0.3, 0.4) is 0 Å². The number of aryl methyl sites for hydroxylation is 1. The highest BCUT2D eigenvalue weighted by atomic mass is 14.8. The fraction of sp³-hybridized carbons (Fsp3) is 0.500. The summed E-state index contributed by atoms with van der Waals surface area (Å²) in [6, 6.07) is 4.17. The van der Waals surface area contributed by atoms with Gasteiger partial charge in [0.15, 0.2) is 0 Å². The highest BCUT2D eigenvalue weighted by Gasteiger charge is 2.37. The molecule has 1 aromatic rings. The van der Waals surface area contributed by atoms with Crippen LogP contribution in [0, 0.1) is 6.92 Å². The monoisotopic (exact) mass is 162 g/mol. The van der Waals surface area contributed by atoms with Crippen molar-refractivity contribution in [2.24, 2.45) is 5.73 Å². The van der Waals surface area contributed by atoms with Gasteiger partial charge in [-0.05, 0) is 43.9 Å². The normalized spacial score (nSPS) is 19.2. The summed E-state index contributed by atoms with van der Waals surface area (Å²) in [7, 11) is 0. The summed E-state index contributed by atoms with van der Waals surface area (Å²) in [5.74, 6) is 0. The van der Waals surface area contributed by atoms with Crippen LogP contribution < -0.4 is 5.73 Å². The molecule has 0 aliphatic heterocycles. The quantitative estimate of drug-likeness (QED) is 0.714. The van der Waals surface area contributed by atoms with E-state index in [9.17, 15) is 0 Å². The van der Waals surface area contributed by atoms with E-state index in [4.69, 9.17) is 5.73 Å². The van der Waals surface area contributed by atoms with Crippen LogP contribution in [0.1, 0.15) is 24.1 Å². The van der Waals surface area contributed by atoms with Crippen LogP contribution >= 0.6 is 0 Å². The lowest BCUT2D eigenvalue weighted by atomic mass is 10.1. The molecule has 2 nitrogen and oxygen atoms in total. The van der Waals surface area contributed by atoms with Crippen LogP contribution in [-0.4, -0.2) is 10.5 Å². The molecule has 1 heterocycles. The Kier molecular flexibility index (Phi) is 1.65. The van der Waals surface area contributed by atoms with E-state index >= 15 is 0 Å². The maximum Gasteiger partial charge on any atom is 0.0375 e. The first-order valence-electron chi connectivity index (χ1n) is 4.38. The maximum atomic E-state index is 6.01. The maximum absolute atomic E-state index is 6.01. The third kappa shape index (κ3) is 1.64. The molecule has 0 bridgehead atoms. The van der Waals surface area contributed by atoms with Gasteiger partial charge in [0.1, 0.15) is 0 Å².